The minimum atomic E-state index is -0.322. The van der Waals surface area contributed by atoms with Crippen LogP contribution in [0.25, 0.3) is 83.5 Å². The van der Waals surface area contributed by atoms with Crippen molar-refractivity contribution in [3.63, 3.8) is 0 Å². The van der Waals surface area contributed by atoms with Gasteiger partial charge in [0, 0.05) is 33.2 Å². The Morgan fingerprint density at radius 2 is 1.19 bits per heavy atom. The van der Waals surface area contributed by atoms with Crippen LogP contribution in [0.5, 0.6) is 5.75 Å². The summed E-state index contributed by atoms with van der Waals surface area (Å²) in [5, 5.41) is 23.6. The summed E-state index contributed by atoms with van der Waals surface area (Å²) in [6.07, 6.45) is 1.81. The van der Waals surface area contributed by atoms with Crippen LogP contribution in [0.15, 0.2) is 164 Å². The molecule has 0 aliphatic rings. The average molecular weight is 755 g/mol. The highest BCUT2D eigenvalue weighted by atomic mass is 16.3. The Labute approximate surface area is 340 Å². The van der Waals surface area contributed by atoms with Crippen molar-refractivity contribution in [2.24, 2.45) is 0 Å². The van der Waals surface area contributed by atoms with E-state index >= 15 is 0 Å². The van der Waals surface area contributed by atoms with Crippen LogP contribution in [0.3, 0.4) is 0 Å². The van der Waals surface area contributed by atoms with Crippen LogP contribution in [0.4, 0.5) is 0 Å². The Morgan fingerprint density at radius 1 is 0.517 bits per heavy atom. The van der Waals surface area contributed by atoms with Crippen molar-refractivity contribution in [1.29, 1.82) is 0 Å². The second-order valence-corrected chi connectivity index (χ2v) is 17.2. The molecule has 2 heterocycles. The fourth-order valence-electron chi connectivity index (χ4n) is 8.04. The van der Waals surface area contributed by atoms with Gasteiger partial charge < -0.3 is 5.11 Å². The van der Waals surface area contributed by atoms with E-state index in [1.807, 2.05) is 24.4 Å². The summed E-state index contributed by atoms with van der Waals surface area (Å²) >= 11 is 0. The van der Waals surface area contributed by atoms with Crippen LogP contribution >= 0.6 is 0 Å². The molecule has 0 saturated heterocycles. The maximum Gasteiger partial charge on any atom is 0.149 e. The summed E-state index contributed by atoms with van der Waals surface area (Å²) < 4.78 is 2.29. The van der Waals surface area contributed by atoms with E-state index in [-0.39, 0.29) is 16.6 Å². The molecule has 5 heteroatoms. The summed E-state index contributed by atoms with van der Waals surface area (Å²) in [5.74, 6) is 0.932. The maximum absolute atomic E-state index is 12.5. The highest BCUT2D eigenvalue weighted by Crippen LogP contribution is 2.46. The Balaban J connectivity index is 1.35. The second kappa shape index (κ2) is 14.3. The third kappa shape index (κ3) is 6.62. The zero-order chi connectivity index (χ0) is 40.2. The molecule has 284 valence electrons. The zero-order valence-corrected chi connectivity index (χ0v) is 33.8. The maximum atomic E-state index is 12.5. The van der Waals surface area contributed by atoms with Crippen molar-refractivity contribution in [2.45, 2.75) is 52.4 Å². The van der Waals surface area contributed by atoms with Crippen LogP contribution in [-0.4, -0.2) is 24.9 Å². The molecule has 9 aromatic rings. The van der Waals surface area contributed by atoms with Crippen LogP contribution in [0, 0.1) is 0 Å². The number of benzene rings is 7. The quantitative estimate of drug-likeness (QED) is 0.184. The first-order chi connectivity index (χ1) is 28.0. The number of phenolic OH excluding ortho intramolecular Hbond substituents is 1. The molecule has 0 atom stereocenters. The minimum Gasteiger partial charge on any atom is -0.507 e. The molecular formula is C53H46N4O. The van der Waals surface area contributed by atoms with Gasteiger partial charge in [-0.15, -0.1) is 0 Å². The predicted octanol–water partition coefficient (Wildman–Crippen LogP) is 13.6. The number of imidazole rings is 1. The van der Waals surface area contributed by atoms with Gasteiger partial charge in [-0.2, -0.15) is 10.2 Å². The molecule has 9 rings (SSSR count). The van der Waals surface area contributed by atoms with E-state index < -0.39 is 0 Å². The Hall–Kier alpha value is -6.85. The Bertz CT molecular complexity index is 2970. The molecule has 5 nitrogen and oxygen atoms in total. The van der Waals surface area contributed by atoms with Crippen molar-refractivity contribution in [3.05, 3.63) is 175 Å². The van der Waals surface area contributed by atoms with Crippen molar-refractivity contribution >= 4 is 21.8 Å². The summed E-state index contributed by atoms with van der Waals surface area (Å²) in [4.78, 5) is 5.62. The molecular weight excluding hydrogens is 709 g/mol. The molecule has 0 aliphatic heterocycles. The van der Waals surface area contributed by atoms with Gasteiger partial charge in [-0.1, -0.05) is 175 Å². The van der Waals surface area contributed by atoms with Crippen LogP contribution < -0.4 is 0 Å². The molecule has 0 radical (unpaired) electrons. The third-order valence-electron chi connectivity index (χ3n) is 11.1. The van der Waals surface area contributed by atoms with Crippen molar-refractivity contribution < 1.29 is 5.11 Å². The highest BCUT2D eigenvalue weighted by molar-refractivity contribution is 6.03. The lowest BCUT2D eigenvalue weighted by Crippen LogP contribution is -2.17. The summed E-state index contributed by atoms with van der Waals surface area (Å²) in [7, 11) is 0. The number of rotatable bonds is 6. The van der Waals surface area contributed by atoms with Gasteiger partial charge in [-0.3, -0.25) is 4.57 Å². The number of fused-ring (bicyclic) bond motifs is 2. The van der Waals surface area contributed by atoms with Gasteiger partial charge in [-0.05, 0) is 62.7 Å². The zero-order valence-electron chi connectivity index (χ0n) is 33.8. The predicted molar refractivity (Wildman–Crippen MR) is 240 cm³/mol. The Morgan fingerprint density at radius 3 is 1.93 bits per heavy atom. The third-order valence-corrected chi connectivity index (χ3v) is 11.1. The monoisotopic (exact) mass is 754 g/mol. The van der Waals surface area contributed by atoms with E-state index in [1.54, 1.807) is 0 Å². The Kier molecular flexibility index (Phi) is 9.04. The first kappa shape index (κ1) is 36.8. The van der Waals surface area contributed by atoms with Gasteiger partial charge in [0.1, 0.15) is 11.6 Å². The molecule has 1 N–H and O–H groups in total. The molecule has 0 saturated carbocycles. The molecule has 0 bridgehead atoms. The minimum absolute atomic E-state index is 0.180. The van der Waals surface area contributed by atoms with Gasteiger partial charge in [0.15, 0.2) is 0 Å². The van der Waals surface area contributed by atoms with E-state index in [0.29, 0.717) is 11.4 Å². The van der Waals surface area contributed by atoms with E-state index in [2.05, 4.69) is 196 Å². The smallest absolute Gasteiger partial charge is 0.149 e. The lowest BCUT2D eigenvalue weighted by atomic mass is 9.79. The molecule has 0 unspecified atom stereocenters. The number of para-hydroxylation sites is 1. The fraction of sp³-hybridized carbons (Fsp3) is 0.151. The molecule has 0 amide bonds. The van der Waals surface area contributed by atoms with E-state index in [0.717, 1.165) is 83.3 Å². The lowest BCUT2D eigenvalue weighted by molar-refractivity contribution is 0.446. The number of nitrogens with zero attached hydrogens (tertiary/aromatic N) is 4. The molecule has 0 aliphatic carbocycles. The summed E-state index contributed by atoms with van der Waals surface area (Å²) in [5.41, 5.74) is 13.0. The van der Waals surface area contributed by atoms with Gasteiger partial charge in [0.25, 0.3) is 0 Å². The standard InChI is InChI=1S/C53H46N4O/c1-52(2,3)40-31-44(50(58)45(32-40)53(4,5)6)51-55-48-41(37-22-15-23-38(29-37)46-30-39(33-54-56-46)34-17-9-7-10-18-34)25-16-26-47(48)57(51)49-42-24-14-13-21-36(42)27-28-43(49)35-19-11-8-12-20-35/h7-33,58H,1-6H3. The van der Waals surface area contributed by atoms with Crippen molar-refractivity contribution in [3.8, 4) is 67.5 Å². The number of aromatic nitrogens is 4. The van der Waals surface area contributed by atoms with Crippen LogP contribution in [-0.2, 0) is 10.8 Å². The second-order valence-electron chi connectivity index (χ2n) is 17.2. The van der Waals surface area contributed by atoms with Gasteiger partial charge in [0.2, 0.25) is 0 Å². The first-order valence-corrected chi connectivity index (χ1v) is 19.9. The normalized spacial score (nSPS) is 12.0. The number of hydrogen-bond donors (Lipinski definition) is 1. The van der Waals surface area contributed by atoms with Gasteiger partial charge >= 0.3 is 0 Å². The number of phenols is 1. The topological polar surface area (TPSA) is 63.8 Å². The van der Waals surface area contributed by atoms with E-state index in [9.17, 15) is 5.11 Å². The average Bonchev–Trinajstić information content (AvgIpc) is 3.62. The van der Waals surface area contributed by atoms with Gasteiger partial charge in [0.05, 0.1) is 34.2 Å². The SMILES string of the molecule is CC(C)(C)c1cc(-c2nc3c(-c4cccc(-c5cc(-c6ccccc6)cnn5)c4)cccc3n2-c2c(-c3ccccc3)ccc3ccccc23)c(O)c(C(C)(C)C)c1. The summed E-state index contributed by atoms with van der Waals surface area (Å²) in [6, 6.07) is 55.0. The van der Waals surface area contributed by atoms with Crippen molar-refractivity contribution in [1.82, 2.24) is 19.7 Å². The van der Waals surface area contributed by atoms with Crippen LogP contribution in [0.1, 0.15) is 52.7 Å². The van der Waals surface area contributed by atoms with Gasteiger partial charge in [-0.25, -0.2) is 4.98 Å². The van der Waals surface area contributed by atoms with E-state index in [4.69, 9.17) is 4.98 Å². The number of aromatic hydroxyl groups is 1. The largest absolute Gasteiger partial charge is 0.507 e. The fourth-order valence-corrected chi connectivity index (χ4v) is 8.04. The number of hydrogen-bond acceptors (Lipinski definition) is 4. The molecule has 58 heavy (non-hydrogen) atoms. The lowest BCUT2D eigenvalue weighted by Gasteiger charge is -2.28. The molecule has 0 fully saturated rings. The molecule has 0 spiro atoms. The summed E-state index contributed by atoms with van der Waals surface area (Å²) in [6.45, 7) is 13.1. The first-order valence-electron chi connectivity index (χ1n) is 19.9. The van der Waals surface area contributed by atoms with E-state index in [1.165, 1.54) is 0 Å². The van der Waals surface area contributed by atoms with Crippen LogP contribution in [0.2, 0.25) is 0 Å². The highest BCUT2D eigenvalue weighted by Gasteiger charge is 2.29. The molecule has 7 aromatic carbocycles. The van der Waals surface area contributed by atoms with Crippen molar-refractivity contribution in [2.75, 3.05) is 0 Å². The molecule has 2 aromatic heterocycles.